The minimum atomic E-state index is -4.28. The van der Waals surface area contributed by atoms with Crippen molar-refractivity contribution in [3.63, 3.8) is 0 Å². The van der Waals surface area contributed by atoms with Crippen LogP contribution in [0.3, 0.4) is 0 Å². The van der Waals surface area contributed by atoms with Crippen molar-refractivity contribution in [2.75, 3.05) is 6.61 Å². The van der Waals surface area contributed by atoms with E-state index in [9.17, 15) is 24.1 Å². The summed E-state index contributed by atoms with van der Waals surface area (Å²) in [6.45, 7) is 4.42. The lowest BCUT2D eigenvalue weighted by Gasteiger charge is -2.25. The number of aromatic nitrogens is 2. The number of H-pyrrole nitrogens is 1. The standard InChI is InChI=1S/C22H28Cl2N3O9P/c1-4-13(2)34-19(30)14(3)26-37(32,36-15-8-6-5-7-9-15)33-12-16-18(29)22(23,24)20(35-16)27-11-10-17(28)25-21(27)31/h5-11,13-14,16,18,20,29H,4,12H2,1-3H3,(H,26,32)(H,25,28,31)/t13-,14+,16-,18-,20?,37?/m1/s1. The smallest absolute Gasteiger partial charge is 0.459 e. The molecule has 0 saturated carbocycles. The number of aliphatic hydroxyl groups excluding tert-OH is 1. The van der Waals surface area contributed by atoms with Gasteiger partial charge in [0.1, 0.15) is 24.0 Å². The van der Waals surface area contributed by atoms with Gasteiger partial charge in [0.2, 0.25) is 0 Å². The van der Waals surface area contributed by atoms with E-state index >= 15 is 0 Å². The number of ether oxygens (including phenoxy) is 2. The van der Waals surface area contributed by atoms with E-state index in [0.717, 1.165) is 16.8 Å². The summed E-state index contributed by atoms with van der Waals surface area (Å²) in [4.78, 5) is 38.1. The third-order valence-corrected chi connectivity index (χ3v) is 7.92. The van der Waals surface area contributed by atoms with Crippen molar-refractivity contribution < 1.29 is 33.0 Å². The van der Waals surface area contributed by atoms with Crippen LogP contribution in [0.4, 0.5) is 0 Å². The molecule has 2 heterocycles. The molecule has 1 aliphatic rings. The highest BCUT2D eigenvalue weighted by Crippen LogP contribution is 2.49. The summed E-state index contributed by atoms with van der Waals surface area (Å²) in [7, 11) is -4.28. The van der Waals surface area contributed by atoms with Crippen molar-refractivity contribution in [3.05, 3.63) is 63.4 Å². The first-order chi connectivity index (χ1) is 17.4. The van der Waals surface area contributed by atoms with Crippen LogP contribution in [-0.2, 0) is 23.4 Å². The molecule has 2 aromatic rings. The Bertz CT molecular complexity index is 1240. The van der Waals surface area contributed by atoms with Gasteiger partial charge in [0, 0.05) is 12.3 Å². The number of aromatic amines is 1. The monoisotopic (exact) mass is 579 g/mol. The fourth-order valence-electron chi connectivity index (χ4n) is 3.27. The lowest BCUT2D eigenvalue weighted by atomic mass is 10.2. The maximum atomic E-state index is 13.7. The van der Waals surface area contributed by atoms with Gasteiger partial charge in [-0.2, -0.15) is 5.09 Å². The summed E-state index contributed by atoms with van der Waals surface area (Å²) in [5.74, 6) is -0.500. The number of aliphatic hydroxyl groups is 1. The molecule has 0 radical (unpaired) electrons. The van der Waals surface area contributed by atoms with Crippen LogP contribution in [0.25, 0.3) is 0 Å². The number of halogens is 2. The molecule has 3 N–H and O–H groups in total. The first-order valence-corrected chi connectivity index (χ1v) is 13.7. The molecule has 204 valence electrons. The number of nitrogens with one attached hydrogen (secondary N) is 2. The SMILES string of the molecule is CC[C@@H](C)OC(=O)[C@H](C)NP(=O)(OC[C@H]1OC(n2ccc(=O)[nH]c2=O)C(Cl)(Cl)[C@@H]1O)Oc1ccccc1. The number of hydrogen-bond donors (Lipinski definition) is 3. The van der Waals surface area contributed by atoms with Gasteiger partial charge in [0.25, 0.3) is 5.56 Å². The molecule has 0 amide bonds. The molecule has 0 spiro atoms. The minimum Gasteiger partial charge on any atom is -0.462 e. The molecular weight excluding hydrogens is 552 g/mol. The molecule has 12 nitrogen and oxygen atoms in total. The number of benzene rings is 1. The van der Waals surface area contributed by atoms with Crippen LogP contribution >= 0.6 is 30.9 Å². The second-order valence-electron chi connectivity index (χ2n) is 8.37. The summed E-state index contributed by atoms with van der Waals surface area (Å²) < 4.78 is 34.6. The van der Waals surface area contributed by atoms with E-state index < -0.39 is 60.4 Å². The molecule has 3 rings (SSSR count). The van der Waals surface area contributed by atoms with Gasteiger partial charge in [-0.25, -0.2) is 9.36 Å². The van der Waals surface area contributed by atoms with E-state index in [-0.39, 0.29) is 11.9 Å². The largest absolute Gasteiger partial charge is 0.462 e. The lowest BCUT2D eigenvalue weighted by Crippen LogP contribution is -2.41. The summed E-state index contributed by atoms with van der Waals surface area (Å²) in [5.41, 5.74) is -1.52. The summed E-state index contributed by atoms with van der Waals surface area (Å²) >= 11 is 12.6. The Hall–Kier alpha value is -2.18. The normalized spacial score (nSPS) is 24.1. The highest BCUT2D eigenvalue weighted by atomic mass is 35.5. The number of nitrogens with zero attached hydrogens (tertiary/aromatic N) is 1. The molecule has 1 fully saturated rings. The highest BCUT2D eigenvalue weighted by molar-refractivity contribution is 7.52. The Morgan fingerprint density at radius 2 is 1.95 bits per heavy atom. The predicted molar refractivity (Wildman–Crippen MR) is 135 cm³/mol. The molecule has 0 aliphatic carbocycles. The van der Waals surface area contributed by atoms with Crippen molar-refractivity contribution >= 4 is 36.9 Å². The molecule has 1 saturated heterocycles. The fraction of sp³-hybridized carbons (Fsp3) is 0.500. The second kappa shape index (κ2) is 12.1. The van der Waals surface area contributed by atoms with E-state index in [2.05, 4.69) is 5.09 Å². The average molecular weight is 580 g/mol. The first kappa shape index (κ1) is 29.4. The Morgan fingerprint density at radius 1 is 1.27 bits per heavy atom. The van der Waals surface area contributed by atoms with E-state index in [1.54, 1.807) is 25.1 Å². The van der Waals surface area contributed by atoms with Gasteiger partial charge in [0.05, 0.1) is 12.7 Å². The van der Waals surface area contributed by atoms with Crippen LogP contribution in [0.15, 0.2) is 52.2 Å². The van der Waals surface area contributed by atoms with E-state index in [0.29, 0.717) is 6.42 Å². The van der Waals surface area contributed by atoms with E-state index in [4.69, 9.17) is 41.7 Å². The van der Waals surface area contributed by atoms with Crippen LogP contribution in [-0.4, -0.2) is 55.9 Å². The molecule has 37 heavy (non-hydrogen) atoms. The van der Waals surface area contributed by atoms with Gasteiger partial charge >= 0.3 is 19.4 Å². The topological polar surface area (TPSA) is 158 Å². The second-order valence-corrected chi connectivity index (χ2v) is 11.5. The van der Waals surface area contributed by atoms with Gasteiger partial charge in [-0.05, 0) is 32.4 Å². The Morgan fingerprint density at radius 3 is 2.57 bits per heavy atom. The molecule has 2 unspecified atom stereocenters. The van der Waals surface area contributed by atoms with Gasteiger partial charge in [-0.1, -0.05) is 48.3 Å². The zero-order valence-corrected chi connectivity index (χ0v) is 22.6. The quantitative estimate of drug-likeness (QED) is 0.205. The van der Waals surface area contributed by atoms with Crippen LogP contribution < -0.4 is 20.9 Å². The van der Waals surface area contributed by atoms with Crippen LogP contribution in [0.5, 0.6) is 5.75 Å². The van der Waals surface area contributed by atoms with Gasteiger partial charge in [0.15, 0.2) is 10.6 Å². The van der Waals surface area contributed by atoms with Crippen LogP contribution in [0, 0.1) is 0 Å². The third kappa shape index (κ3) is 7.23. The fourth-order valence-corrected chi connectivity index (χ4v) is 5.37. The molecular formula is C22H28Cl2N3O9P. The molecule has 1 aliphatic heterocycles. The summed E-state index contributed by atoms with van der Waals surface area (Å²) in [6.07, 6.45) is -2.98. The number of para-hydroxylation sites is 1. The average Bonchev–Trinajstić information content (AvgIpc) is 3.06. The highest BCUT2D eigenvalue weighted by Gasteiger charge is 2.56. The first-order valence-electron chi connectivity index (χ1n) is 11.4. The van der Waals surface area contributed by atoms with Crippen molar-refractivity contribution in [1.82, 2.24) is 14.6 Å². The predicted octanol–water partition coefficient (Wildman–Crippen LogP) is 2.49. The Kier molecular flexibility index (Phi) is 9.62. The lowest BCUT2D eigenvalue weighted by molar-refractivity contribution is -0.150. The summed E-state index contributed by atoms with van der Waals surface area (Å²) in [6, 6.07) is 8.03. The van der Waals surface area contributed by atoms with Crippen molar-refractivity contribution in [2.45, 2.75) is 62.1 Å². The maximum Gasteiger partial charge on any atom is 0.459 e. The van der Waals surface area contributed by atoms with E-state index in [1.165, 1.54) is 19.1 Å². The minimum absolute atomic E-state index is 0.176. The van der Waals surface area contributed by atoms with Crippen molar-refractivity contribution in [3.8, 4) is 5.75 Å². The molecule has 1 aromatic heterocycles. The molecule has 6 atom stereocenters. The summed E-state index contributed by atoms with van der Waals surface area (Å²) in [5, 5.41) is 13.2. The number of alkyl halides is 2. The molecule has 0 bridgehead atoms. The number of esters is 1. The van der Waals surface area contributed by atoms with Gasteiger partial charge in [-0.15, -0.1) is 0 Å². The zero-order chi connectivity index (χ0) is 27.4. The van der Waals surface area contributed by atoms with E-state index in [1.807, 2.05) is 11.9 Å². The van der Waals surface area contributed by atoms with Crippen molar-refractivity contribution in [2.24, 2.45) is 0 Å². The van der Waals surface area contributed by atoms with Crippen LogP contribution in [0.2, 0.25) is 0 Å². The zero-order valence-electron chi connectivity index (χ0n) is 20.2. The number of rotatable bonds is 11. The Labute approximate surface area is 222 Å². The van der Waals surface area contributed by atoms with Crippen molar-refractivity contribution in [1.29, 1.82) is 0 Å². The Balaban J connectivity index is 1.79. The number of carbonyl (C=O) groups is 1. The van der Waals surface area contributed by atoms with Gasteiger partial charge in [-0.3, -0.25) is 23.7 Å². The molecule has 15 heteroatoms. The van der Waals surface area contributed by atoms with Crippen LogP contribution in [0.1, 0.15) is 33.4 Å². The number of carbonyl (C=O) groups excluding carboxylic acids is 1. The maximum absolute atomic E-state index is 13.7. The third-order valence-electron chi connectivity index (χ3n) is 5.46. The number of hydrogen-bond acceptors (Lipinski definition) is 9. The van der Waals surface area contributed by atoms with Gasteiger partial charge < -0.3 is 19.1 Å². The molecule has 1 aromatic carbocycles.